The lowest BCUT2D eigenvalue weighted by Crippen LogP contribution is -2.34. The summed E-state index contributed by atoms with van der Waals surface area (Å²) in [6, 6.07) is 11.7. The lowest BCUT2D eigenvalue weighted by molar-refractivity contribution is 0.172. The Hall–Kier alpha value is -0.860. The smallest absolute Gasteiger partial charge is 0.0233 e. The van der Waals surface area contributed by atoms with Crippen LogP contribution >= 0.6 is 0 Å². The van der Waals surface area contributed by atoms with Crippen LogP contribution in [0.2, 0.25) is 0 Å². The zero-order chi connectivity index (χ0) is 12.9. The number of piperidine rings is 1. The number of hydrogen-bond acceptors (Lipinski definition) is 2. The Kier molecular flexibility index (Phi) is 4.52. The van der Waals surface area contributed by atoms with Gasteiger partial charge in [-0.05, 0) is 63.2 Å². The molecular formula is C17H26N2. The van der Waals surface area contributed by atoms with E-state index in [-0.39, 0.29) is 0 Å². The van der Waals surface area contributed by atoms with Gasteiger partial charge >= 0.3 is 0 Å². The molecule has 1 N–H and O–H groups in total. The fraction of sp³-hybridized carbons (Fsp3) is 0.647. The predicted octanol–water partition coefficient (Wildman–Crippen LogP) is 3.04. The van der Waals surface area contributed by atoms with E-state index in [0.717, 1.165) is 18.5 Å². The molecule has 0 aromatic heterocycles. The van der Waals surface area contributed by atoms with Crippen molar-refractivity contribution in [3.8, 4) is 0 Å². The Morgan fingerprint density at radius 3 is 2.42 bits per heavy atom. The summed E-state index contributed by atoms with van der Waals surface area (Å²) >= 11 is 0. The highest BCUT2D eigenvalue weighted by molar-refractivity contribution is 5.14. The van der Waals surface area contributed by atoms with Crippen molar-refractivity contribution in [2.75, 3.05) is 19.6 Å². The first-order valence-corrected chi connectivity index (χ1v) is 7.90. The normalized spacial score (nSPS) is 21.7. The summed E-state index contributed by atoms with van der Waals surface area (Å²) in [5, 5.41) is 3.64. The van der Waals surface area contributed by atoms with Crippen LogP contribution in [-0.2, 0) is 6.54 Å². The highest BCUT2D eigenvalue weighted by Crippen LogP contribution is 2.23. The van der Waals surface area contributed by atoms with Crippen molar-refractivity contribution >= 4 is 0 Å². The molecule has 0 spiro atoms. The van der Waals surface area contributed by atoms with Crippen LogP contribution < -0.4 is 5.32 Å². The molecule has 1 aromatic rings. The summed E-state index contributed by atoms with van der Waals surface area (Å²) < 4.78 is 0. The summed E-state index contributed by atoms with van der Waals surface area (Å²) in [4.78, 5) is 2.61. The molecule has 104 valence electrons. The zero-order valence-corrected chi connectivity index (χ0v) is 11.9. The molecule has 0 atom stereocenters. The number of rotatable bonds is 6. The van der Waals surface area contributed by atoms with E-state index >= 15 is 0 Å². The maximum Gasteiger partial charge on any atom is 0.0233 e. The first-order chi connectivity index (χ1) is 9.40. The van der Waals surface area contributed by atoms with Crippen LogP contribution in [-0.4, -0.2) is 30.6 Å². The van der Waals surface area contributed by atoms with E-state index in [1.54, 1.807) is 0 Å². The van der Waals surface area contributed by atoms with E-state index < -0.39 is 0 Å². The van der Waals surface area contributed by atoms with Gasteiger partial charge in [-0.1, -0.05) is 30.3 Å². The van der Waals surface area contributed by atoms with Crippen molar-refractivity contribution in [3.05, 3.63) is 35.9 Å². The van der Waals surface area contributed by atoms with Crippen molar-refractivity contribution in [2.24, 2.45) is 5.92 Å². The van der Waals surface area contributed by atoms with E-state index in [4.69, 9.17) is 0 Å². The molecule has 0 unspecified atom stereocenters. The highest BCUT2D eigenvalue weighted by atomic mass is 15.1. The summed E-state index contributed by atoms with van der Waals surface area (Å²) in [5.41, 5.74) is 1.45. The van der Waals surface area contributed by atoms with E-state index in [1.165, 1.54) is 57.3 Å². The standard InChI is InChI=1S/C17H26N2/c1-2-4-16(5-3-1)14-19-12-9-15(10-13-19)8-11-18-17-6-7-17/h1-5,15,17-18H,6-14H2. The minimum absolute atomic E-state index is 0.873. The van der Waals surface area contributed by atoms with Crippen molar-refractivity contribution in [1.29, 1.82) is 0 Å². The number of hydrogen-bond donors (Lipinski definition) is 1. The molecule has 1 heterocycles. The quantitative estimate of drug-likeness (QED) is 0.843. The third-order valence-electron chi connectivity index (χ3n) is 4.52. The monoisotopic (exact) mass is 258 g/mol. The Bertz CT molecular complexity index is 364. The second kappa shape index (κ2) is 6.53. The summed E-state index contributed by atoms with van der Waals surface area (Å²) in [6.07, 6.45) is 6.99. The molecule has 0 amide bonds. The molecule has 2 nitrogen and oxygen atoms in total. The summed E-state index contributed by atoms with van der Waals surface area (Å²) in [5.74, 6) is 0.957. The van der Waals surface area contributed by atoms with Crippen LogP contribution in [0.15, 0.2) is 30.3 Å². The van der Waals surface area contributed by atoms with Gasteiger partial charge in [-0.15, -0.1) is 0 Å². The highest BCUT2D eigenvalue weighted by Gasteiger charge is 2.22. The lowest BCUT2D eigenvalue weighted by atomic mass is 9.93. The molecule has 1 aliphatic heterocycles. The molecule has 0 radical (unpaired) electrons. The van der Waals surface area contributed by atoms with Crippen molar-refractivity contribution in [1.82, 2.24) is 10.2 Å². The largest absolute Gasteiger partial charge is 0.314 e. The molecule has 2 heteroatoms. The zero-order valence-electron chi connectivity index (χ0n) is 11.9. The van der Waals surface area contributed by atoms with Crippen LogP contribution in [0.5, 0.6) is 0 Å². The van der Waals surface area contributed by atoms with Gasteiger partial charge < -0.3 is 5.32 Å². The Morgan fingerprint density at radius 2 is 1.74 bits per heavy atom. The average Bonchev–Trinajstić information content (AvgIpc) is 3.26. The summed E-state index contributed by atoms with van der Waals surface area (Å²) in [6.45, 7) is 4.94. The van der Waals surface area contributed by atoms with E-state index in [1.807, 2.05) is 0 Å². The SMILES string of the molecule is c1ccc(CN2CCC(CCNC3CC3)CC2)cc1. The van der Waals surface area contributed by atoms with Crippen molar-refractivity contribution in [3.63, 3.8) is 0 Å². The van der Waals surface area contributed by atoms with E-state index in [0.29, 0.717) is 0 Å². The van der Waals surface area contributed by atoms with Crippen LogP contribution in [0.1, 0.15) is 37.7 Å². The van der Waals surface area contributed by atoms with E-state index in [9.17, 15) is 0 Å². The van der Waals surface area contributed by atoms with Gasteiger partial charge in [0.25, 0.3) is 0 Å². The van der Waals surface area contributed by atoms with Gasteiger partial charge in [-0.25, -0.2) is 0 Å². The first-order valence-electron chi connectivity index (χ1n) is 7.90. The fourth-order valence-electron chi connectivity index (χ4n) is 3.05. The Balaban J connectivity index is 1.34. The van der Waals surface area contributed by atoms with Gasteiger partial charge in [0.05, 0.1) is 0 Å². The topological polar surface area (TPSA) is 15.3 Å². The van der Waals surface area contributed by atoms with Gasteiger partial charge in [0.1, 0.15) is 0 Å². The molecule has 2 fully saturated rings. The van der Waals surface area contributed by atoms with Crippen LogP contribution in [0.4, 0.5) is 0 Å². The predicted molar refractivity (Wildman–Crippen MR) is 80.1 cm³/mol. The number of nitrogens with zero attached hydrogens (tertiary/aromatic N) is 1. The van der Waals surface area contributed by atoms with Gasteiger partial charge in [-0.2, -0.15) is 0 Å². The lowest BCUT2D eigenvalue weighted by Gasteiger charge is -2.32. The fourth-order valence-corrected chi connectivity index (χ4v) is 3.05. The molecule has 2 aliphatic rings. The maximum absolute atomic E-state index is 3.64. The Labute approximate surface area is 117 Å². The molecule has 1 saturated carbocycles. The molecule has 3 rings (SSSR count). The Morgan fingerprint density at radius 1 is 1.00 bits per heavy atom. The third kappa shape index (κ3) is 4.32. The van der Waals surface area contributed by atoms with E-state index in [2.05, 4.69) is 40.5 Å². The second-order valence-electron chi connectivity index (χ2n) is 6.22. The molecule has 19 heavy (non-hydrogen) atoms. The first kappa shape index (κ1) is 13.1. The number of nitrogens with one attached hydrogen (secondary N) is 1. The molecule has 1 aromatic carbocycles. The van der Waals surface area contributed by atoms with Gasteiger partial charge in [0.15, 0.2) is 0 Å². The number of likely N-dealkylation sites (tertiary alicyclic amines) is 1. The molecule has 0 bridgehead atoms. The third-order valence-corrected chi connectivity index (χ3v) is 4.52. The minimum Gasteiger partial charge on any atom is -0.314 e. The van der Waals surface area contributed by atoms with Crippen LogP contribution in [0.3, 0.4) is 0 Å². The summed E-state index contributed by atoms with van der Waals surface area (Å²) in [7, 11) is 0. The average molecular weight is 258 g/mol. The minimum atomic E-state index is 0.873. The van der Waals surface area contributed by atoms with Crippen molar-refractivity contribution in [2.45, 2.75) is 44.7 Å². The molecular weight excluding hydrogens is 232 g/mol. The second-order valence-corrected chi connectivity index (χ2v) is 6.22. The van der Waals surface area contributed by atoms with Crippen molar-refractivity contribution < 1.29 is 0 Å². The van der Waals surface area contributed by atoms with Gasteiger partial charge in [0, 0.05) is 12.6 Å². The van der Waals surface area contributed by atoms with Crippen LogP contribution in [0, 0.1) is 5.92 Å². The van der Waals surface area contributed by atoms with Gasteiger partial charge in [0.2, 0.25) is 0 Å². The van der Waals surface area contributed by atoms with Gasteiger partial charge in [-0.3, -0.25) is 4.90 Å². The molecule has 1 saturated heterocycles. The molecule has 1 aliphatic carbocycles. The maximum atomic E-state index is 3.64. The van der Waals surface area contributed by atoms with Crippen LogP contribution in [0.25, 0.3) is 0 Å². The number of benzene rings is 1.